The Bertz CT molecular complexity index is 612. The van der Waals surface area contributed by atoms with Gasteiger partial charge < -0.3 is 5.11 Å². The van der Waals surface area contributed by atoms with E-state index < -0.39 is 35.5 Å². The summed E-state index contributed by atoms with van der Waals surface area (Å²) in [6, 6.07) is 6.12. The van der Waals surface area contributed by atoms with Crippen molar-refractivity contribution in [1.29, 1.82) is 0 Å². The fourth-order valence-electron chi connectivity index (χ4n) is 2.19. The molecule has 0 radical (unpaired) electrons. The van der Waals surface area contributed by atoms with Crippen LogP contribution in [0.25, 0.3) is 0 Å². The van der Waals surface area contributed by atoms with Gasteiger partial charge in [0.2, 0.25) is 5.91 Å². The van der Waals surface area contributed by atoms with Crippen LogP contribution in [0.3, 0.4) is 0 Å². The lowest BCUT2D eigenvalue weighted by Crippen LogP contribution is -2.48. The van der Waals surface area contributed by atoms with Crippen LogP contribution in [-0.4, -0.2) is 40.1 Å². The van der Waals surface area contributed by atoms with E-state index in [0.717, 1.165) is 0 Å². The van der Waals surface area contributed by atoms with Gasteiger partial charge in [-0.15, -0.1) is 0 Å². The molecule has 0 saturated carbocycles. The Kier molecular flexibility index (Phi) is 3.74. The van der Waals surface area contributed by atoms with Crippen molar-refractivity contribution in [1.82, 2.24) is 4.90 Å². The van der Waals surface area contributed by atoms with E-state index in [2.05, 4.69) is 0 Å². The number of fused-ring (bicyclic) bond motifs is 1. The molecule has 0 aromatic heterocycles. The number of carbonyl (C=O) groups excluding carboxylic acids is 4. The van der Waals surface area contributed by atoms with E-state index in [0.29, 0.717) is 4.90 Å². The second-order valence-electron chi connectivity index (χ2n) is 5.32. The first-order valence-electron chi connectivity index (χ1n) is 6.48. The average molecular weight is 289 g/mol. The number of ketones is 1. The molecule has 0 unspecified atom stereocenters. The third-order valence-electron chi connectivity index (χ3n) is 3.57. The van der Waals surface area contributed by atoms with E-state index in [1.807, 2.05) is 0 Å². The first-order valence-corrected chi connectivity index (χ1v) is 6.48. The smallest absolute Gasteiger partial charge is 0.268 e. The third kappa shape index (κ3) is 2.27. The molecule has 1 aromatic carbocycles. The molecule has 0 bridgehead atoms. The zero-order valence-corrected chi connectivity index (χ0v) is 11.8. The summed E-state index contributed by atoms with van der Waals surface area (Å²) in [7, 11) is 0. The number of aliphatic hydroxyl groups is 1. The second-order valence-corrected chi connectivity index (χ2v) is 5.32. The molecule has 1 heterocycles. The topological polar surface area (TPSA) is 91.8 Å². The largest absolute Gasteiger partial charge is 0.396 e. The third-order valence-corrected chi connectivity index (χ3v) is 3.57. The van der Waals surface area contributed by atoms with Crippen LogP contribution in [0.4, 0.5) is 0 Å². The Morgan fingerprint density at radius 2 is 1.57 bits per heavy atom. The minimum Gasteiger partial charge on any atom is -0.396 e. The van der Waals surface area contributed by atoms with Gasteiger partial charge in [-0.3, -0.25) is 19.2 Å². The molecular formula is C15H15NO5. The highest BCUT2D eigenvalue weighted by atomic mass is 16.3. The maximum Gasteiger partial charge on any atom is 0.268 e. The number of benzene rings is 1. The molecule has 21 heavy (non-hydrogen) atoms. The molecule has 6 heteroatoms. The lowest BCUT2D eigenvalue weighted by molar-refractivity contribution is -0.143. The Morgan fingerprint density at radius 1 is 1.10 bits per heavy atom. The van der Waals surface area contributed by atoms with Crippen LogP contribution < -0.4 is 0 Å². The maximum atomic E-state index is 12.5. The summed E-state index contributed by atoms with van der Waals surface area (Å²) in [5.41, 5.74) is -1.24. The molecule has 1 aromatic rings. The van der Waals surface area contributed by atoms with Crippen molar-refractivity contribution >= 4 is 23.5 Å². The van der Waals surface area contributed by atoms with Crippen LogP contribution >= 0.6 is 0 Å². The van der Waals surface area contributed by atoms with Crippen LogP contribution in [0.5, 0.6) is 0 Å². The molecule has 3 amide bonds. The van der Waals surface area contributed by atoms with Crippen molar-refractivity contribution < 1.29 is 24.3 Å². The molecule has 0 saturated heterocycles. The SMILES string of the molecule is CC(C)(C(=O)CCO)C(=O)N1C(=O)c2ccccc2C1=O. The van der Waals surface area contributed by atoms with Gasteiger partial charge in [0.1, 0.15) is 11.2 Å². The van der Waals surface area contributed by atoms with E-state index in [4.69, 9.17) is 5.11 Å². The number of rotatable bonds is 4. The molecule has 110 valence electrons. The van der Waals surface area contributed by atoms with Gasteiger partial charge in [0.05, 0.1) is 11.1 Å². The van der Waals surface area contributed by atoms with E-state index in [1.165, 1.54) is 26.0 Å². The molecule has 6 nitrogen and oxygen atoms in total. The highest BCUT2D eigenvalue weighted by Gasteiger charge is 2.47. The summed E-state index contributed by atoms with van der Waals surface area (Å²) in [6.07, 6.45) is -0.206. The quantitative estimate of drug-likeness (QED) is 0.653. The molecule has 2 rings (SSSR count). The van der Waals surface area contributed by atoms with Crippen molar-refractivity contribution in [2.24, 2.45) is 5.41 Å². The standard InChI is InChI=1S/C15H15NO5/c1-15(2,11(18)7-8-17)14(21)16-12(19)9-5-3-4-6-10(9)13(16)20/h3-6,17H,7-8H2,1-2H3. The van der Waals surface area contributed by atoms with Gasteiger partial charge in [-0.05, 0) is 26.0 Å². The summed E-state index contributed by atoms with van der Waals surface area (Å²) in [5, 5.41) is 8.81. The van der Waals surface area contributed by atoms with Gasteiger partial charge in [-0.1, -0.05) is 12.1 Å². The number of hydrogen-bond acceptors (Lipinski definition) is 5. The van der Waals surface area contributed by atoms with Crippen LogP contribution in [-0.2, 0) is 9.59 Å². The van der Waals surface area contributed by atoms with Crippen molar-refractivity contribution in [2.75, 3.05) is 6.61 Å². The summed E-state index contributed by atoms with van der Waals surface area (Å²) in [5.74, 6) is -2.82. The maximum absolute atomic E-state index is 12.5. The van der Waals surface area contributed by atoms with Crippen molar-refractivity contribution in [2.45, 2.75) is 20.3 Å². The van der Waals surface area contributed by atoms with Crippen LogP contribution in [0.2, 0.25) is 0 Å². The number of aliphatic hydroxyl groups excluding tert-OH is 1. The average Bonchev–Trinajstić information content (AvgIpc) is 2.71. The number of Topliss-reactive ketones (excluding diaryl/α,β-unsaturated/α-hetero) is 1. The normalized spacial score (nSPS) is 14.3. The second kappa shape index (κ2) is 5.21. The molecule has 1 aliphatic rings. The van der Waals surface area contributed by atoms with Gasteiger partial charge in [-0.25, -0.2) is 4.90 Å². The molecule has 0 atom stereocenters. The highest BCUT2D eigenvalue weighted by molar-refractivity contribution is 6.31. The zero-order valence-electron chi connectivity index (χ0n) is 11.8. The van der Waals surface area contributed by atoms with Crippen molar-refractivity contribution in [3.8, 4) is 0 Å². The predicted octanol–water partition coefficient (Wildman–Crippen LogP) is 0.787. The van der Waals surface area contributed by atoms with E-state index in [1.54, 1.807) is 12.1 Å². The summed E-state index contributed by atoms with van der Waals surface area (Å²) in [4.78, 5) is 49.3. The number of nitrogens with zero attached hydrogens (tertiary/aromatic N) is 1. The Hall–Kier alpha value is -2.34. The minimum atomic E-state index is -1.55. The van der Waals surface area contributed by atoms with E-state index >= 15 is 0 Å². The van der Waals surface area contributed by atoms with Crippen molar-refractivity contribution in [3.63, 3.8) is 0 Å². The van der Waals surface area contributed by atoms with Gasteiger partial charge in [0, 0.05) is 13.0 Å². The summed E-state index contributed by atoms with van der Waals surface area (Å²) in [6.45, 7) is 2.30. The Labute approximate surface area is 121 Å². The van der Waals surface area contributed by atoms with Gasteiger partial charge in [0.25, 0.3) is 11.8 Å². The Balaban J connectivity index is 2.36. The minimum absolute atomic E-state index is 0.154. The molecule has 0 aliphatic carbocycles. The van der Waals surface area contributed by atoms with Crippen LogP contribution in [0.15, 0.2) is 24.3 Å². The molecule has 0 fully saturated rings. The van der Waals surface area contributed by atoms with E-state index in [-0.39, 0.29) is 17.5 Å². The van der Waals surface area contributed by atoms with Crippen LogP contribution in [0.1, 0.15) is 41.0 Å². The first kappa shape index (κ1) is 15.1. The predicted molar refractivity (Wildman–Crippen MR) is 72.4 cm³/mol. The van der Waals surface area contributed by atoms with E-state index in [9.17, 15) is 19.2 Å². The molecule has 1 N–H and O–H groups in total. The first-order chi connectivity index (χ1) is 9.82. The summed E-state index contributed by atoms with van der Waals surface area (Å²) >= 11 is 0. The summed E-state index contributed by atoms with van der Waals surface area (Å²) < 4.78 is 0. The Morgan fingerprint density at radius 3 is 2.00 bits per heavy atom. The lowest BCUT2D eigenvalue weighted by atomic mass is 9.85. The number of hydrogen-bond donors (Lipinski definition) is 1. The fourth-order valence-corrected chi connectivity index (χ4v) is 2.19. The van der Waals surface area contributed by atoms with Gasteiger partial charge >= 0.3 is 0 Å². The zero-order chi connectivity index (χ0) is 15.8. The number of amides is 3. The van der Waals surface area contributed by atoms with Crippen molar-refractivity contribution in [3.05, 3.63) is 35.4 Å². The molecular weight excluding hydrogens is 274 g/mol. The van der Waals surface area contributed by atoms with Gasteiger partial charge in [0.15, 0.2) is 0 Å². The highest BCUT2D eigenvalue weighted by Crippen LogP contribution is 2.29. The van der Waals surface area contributed by atoms with Gasteiger partial charge in [-0.2, -0.15) is 0 Å². The fraction of sp³-hybridized carbons (Fsp3) is 0.333. The van der Waals surface area contributed by atoms with Crippen LogP contribution in [0, 0.1) is 5.41 Å². The molecule has 0 spiro atoms. The number of imide groups is 3. The lowest BCUT2D eigenvalue weighted by Gasteiger charge is -2.25. The molecule has 1 aliphatic heterocycles. The monoisotopic (exact) mass is 289 g/mol. The number of carbonyl (C=O) groups is 4.